The number of hydrogen-bond donors (Lipinski definition) is 1. The van der Waals surface area contributed by atoms with Gasteiger partial charge in [-0.15, -0.1) is 0 Å². The van der Waals surface area contributed by atoms with Crippen molar-refractivity contribution in [3.63, 3.8) is 0 Å². The predicted octanol–water partition coefficient (Wildman–Crippen LogP) is 2.32. The molecule has 1 aromatic carbocycles. The van der Waals surface area contributed by atoms with Crippen LogP contribution in [0, 0.1) is 6.92 Å². The third kappa shape index (κ3) is 2.39. The summed E-state index contributed by atoms with van der Waals surface area (Å²) < 4.78 is 10.6. The van der Waals surface area contributed by atoms with Crippen molar-refractivity contribution in [3.05, 3.63) is 39.8 Å². The van der Waals surface area contributed by atoms with Crippen LogP contribution < -0.4 is 15.0 Å². The summed E-state index contributed by atoms with van der Waals surface area (Å²) >= 11 is 0. The van der Waals surface area contributed by atoms with Crippen molar-refractivity contribution >= 4 is 0 Å². The van der Waals surface area contributed by atoms with Crippen molar-refractivity contribution in [2.24, 2.45) is 0 Å². The molecule has 0 bridgehead atoms. The highest BCUT2D eigenvalue weighted by Crippen LogP contribution is 2.35. The zero-order valence-corrected chi connectivity index (χ0v) is 12.1. The Hall–Kier alpha value is -2.30. The zero-order chi connectivity index (χ0) is 14.7. The van der Waals surface area contributed by atoms with Crippen molar-refractivity contribution in [3.8, 4) is 22.9 Å². The third-order valence-corrected chi connectivity index (χ3v) is 3.25. The monoisotopic (exact) mass is 274 g/mol. The number of para-hydroxylation sites is 1. The number of nitrogens with zero attached hydrogens (tertiary/aromatic N) is 1. The van der Waals surface area contributed by atoms with Crippen molar-refractivity contribution in [2.45, 2.75) is 20.3 Å². The molecule has 0 spiro atoms. The first kappa shape index (κ1) is 14.1. The van der Waals surface area contributed by atoms with Crippen molar-refractivity contribution < 1.29 is 9.47 Å². The summed E-state index contributed by atoms with van der Waals surface area (Å²) in [7, 11) is 3.14. The molecule has 1 N–H and O–H groups in total. The molecule has 0 fully saturated rings. The molecule has 0 amide bonds. The molecule has 0 atom stereocenters. The van der Waals surface area contributed by atoms with Crippen LogP contribution in [0.4, 0.5) is 0 Å². The van der Waals surface area contributed by atoms with Gasteiger partial charge < -0.3 is 14.5 Å². The van der Waals surface area contributed by atoms with Crippen LogP contribution >= 0.6 is 0 Å². The van der Waals surface area contributed by atoms with Crippen LogP contribution in [0.3, 0.4) is 0 Å². The number of aryl methyl sites for hydroxylation is 1. The van der Waals surface area contributed by atoms with Gasteiger partial charge in [-0.2, -0.15) is 0 Å². The van der Waals surface area contributed by atoms with Gasteiger partial charge in [-0.3, -0.25) is 4.79 Å². The molecule has 0 radical (unpaired) electrons. The van der Waals surface area contributed by atoms with Crippen molar-refractivity contribution in [1.29, 1.82) is 0 Å². The topological polar surface area (TPSA) is 64.2 Å². The van der Waals surface area contributed by atoms with Gasteiger partial charge in [0, 0.05) is 5.56 Å². The van der Waals surface area contributed by atoms with E-state index in [0.29, 0.717) is 34.9 Å². The van der Waals surface area contributed by atoms with E-state index in [0.717, 1.165) is 5.69 Å². The van der Waals surface area contributed by atoms with Crippen LogP contribution in [-0.2, 0) is 6.42 Å². The zero-order valence-electron chi connectivity index (χ0n) is 12.1. The Kier molecular flexibility index (Phi) is 4.08. The molecule has 0 saturated carbocycles. The number of ether oxygens (including phenoxy) is 2. The lowest BCUT2D eigenvalue weighted by atomic mass is 10.1. The fourth-order valence-electron chi connectivity index (χ4n) is 2.12. The number of hydrogen-bond acceptors (Lipinski definition) is 4. The third-order valence-electron chi connectivity index (χ3n) is 3.25. The van der Waals surface area contributed by atoms with Gasteiger partial charge >= 0.3 is 0 Å². The van der Waals surface area contributed by atoms with Crippen LogP contribution in [0.25, 0.3) is 11.4 Å². The number of benzene rings is 1. The van der Waals surface area contributed by atoms with E-state index in [9.17, 15) is 4.79 Å². The molecule has 0 saturated heterocycles. The fraction of sp³-hybridized carbons (Fsp3) is 0.333. The Bertz CT molecular complexity index is 677. The van der Waals surface area contributed by atoms with Gasteiger partial charge in [-0.1, -0.05) is 13.0 Å². The smallest absolute Gasteiger partial charge is 0.254 e. The molecule has 2 rings (SSSR count). The summed E-state index contributed by atoms with van der Waals surface area (Å²) in [6.07, 6.45) is 0.703. The molecule has 0 aliphatic heterocycles. The SMILES string of the molecule is CCc1nc(-c2cccc(OC)c2OC)[nH]c(=O)c1C. The number of aromatic amines is 1. The summed E-state index contributed by atoms with van der Waals surface area (Å²) in [4.78, 5) is 19.3. The van der Waals surface area contributed by atoms with Crippen LogP contribution in [0.1, 0.15) is 18.2 Å². The predicted molar refractivity (Wildman–Crippen MR) is 77.5 cm³/mol. The van der Waals surface area contributed by atoms with Crippen LogP contribution in [-0.4, -0.2) is 24.2 Å². The number of aromatic nitrogens is 2. The number of rotatable bonds is 4. The summed E-state index contributed by atoms with van der Waals surface area (Å²) in [6, 6.07) is 5.48. The average molecular weight is 274 g/mol. The van der Waals surface area contributed by atoms with Crippen LogP contribution in [0.15, 0.2) is 23.0 Å². The van der Waals surface area contributed by atoms with Gasteiger partial charge in [0.1, 0.15) is 5.82 Å². The van der Waals surface area contributed by atoms with E-state index in [1.54, 1.807) is 27.2 Å². The largest absolute Gasteiger partial charge is 0.493 e. The molecule has 1 aromatic heterocycles. The molecule has 0 unspecified atom stereocenters. The molecule has 0 aliphatic carbocycles. The Morgan fingerprint density at radius 1 is 1.25 bits per heavy atom. The normalized spacial score (nSPS) is 10.4. The number of nitrogens with one attached hydrogen (secondary N) is 1. The van der Waals surface area contributed by atoms with E-state index in [2.05, 4.69) is 9.97 Å². The highest BCUT2D eigenvalue weighted by atomic mass is 16.5. The quantitative estimate of drug-likeness (QED) is 0.929. The maximum absolute atomic E-state index is 12.0. The van der Waals surface area contributed by atoms with Gasteiger partial charge in [-0.25, -0.2) is 4.98 Å². The van der Waals surface area contributed by atoms with Crippen LogP contribution in [0.2, 0.25) is 0 Å². The summed E-state index contributed by atoms with van der Waals surface area (Å²) in [5.74, 6) is 1.66. The lowest BCUT2D eigenvalue weighted by Gasteiger charge is -2.13. The maximum atomic E-state index is 12.0. The first-order valence-electron chi connectivity index (χ1n) is 6.43. The number of H-pyrrole nitrogens is 1. The summed E-state index contributed by atoms with van der Waals surface area (Å²) in [5.41, 5.74) is 2.02. The second kappa shape index (κ2) is 5.77. The summed E-state index contributed by atoms with van der Waals surface area (Å²) in [5, 5.41) is 0. The Balaban J connectivity index is 2.69. The average Bonchev–Trinajstić information content (AvgIpc) is 2.48. The molecule has 20 heavy (non-hydrogen) atoms. The molecule has 0 aliphatic rings. The van der Waals surface area contributed by atoms with E-state index < -0.39 is 0 Å². The number of methoxy groups -OCH3 is 2. The van der Waals surface area contributed by atoms with Gasteiger partial charge in [0.15, 0.2) is 11.5 Å². The Labute approximate surface area is 117 Å². The van der Waals surface area contributed by atoms with Gasteiger partial charge in [0.2, 0.25) is 0 Å². The molecule has 5 nitrogen and oxygen atoms in total. The standard InChI is InChI=1S/C15H18N2O3/c1-5-11-9(2)15(18)17-14(16-11)10-7-6-8-12(19-3)13(10)20-4/h6-8H,5H2,1-4H3,(H,16,17,18). The highest BCUT2D eigenvalue weighted by molar-refractivity contribution is 5.68. The van der Waals surface area contributed by atoms with E-state index in [1.807, 2.05) is 19.1 Å². The molecule has 1 heterocycles. The van der Waals surface area contributed by atoms with Gasteiger partial charge in [0.25, 0.3) is 5.56 Å². The van der Waals surface area contributed by atoms with Gasteiger partial charge in [0.05, 0.1) is 25.5 Å². The Morgan fingerprint density at radius 2 is 2.00 bits per heavy atom. The van der Waals surface area contributed by atoms with Crippen LogP contribution in [0.5, 0.6) is 11.5 Å². The lowest BCUT2D eigenvalue weighted by Crippen LogP contribution is -2.16. The fourth-order valence-corrected chi connectivity index (χ4v) is 2.12. The minimum atomic E-state index is -0.128. The first-order valence-corrected chi connectivity index (χ1v) is 6.43. The Morgan fingerprint density at radius 3 is 2.60 bits per heavy atom. The summed E-state index contributed by atoms with van der Waals surface area (Å²) in [6.45, 7) is 3.75. The maximum Gasteiger partial charge on any atom is 0.254 e. The van der Waals surface area contributed by atoms with Crippen molar-refractivity contribution in [1.82, 2.24) is 9.97 Å². The van der Waals surface area contributed by atoms with E-state index >= 15 is 0 Å². The second-order valence-electron chi connectivity index (χ2n) is 4.38. The second-order valence-corrected chi connectivity index (χ2v) is 4.38. The minimum Gasteiger partial charge on any atom is -0.493 e. The molecular formula is C15H18N2O3. The van der Waals surface area contributed by atoms with E-state index in [1.165, 1.54) is 0 Å². The van der Waals surface area contributed by atoms with E-state index in [-0.39, 0.29) is 5.56 Å². The molecular weight excluding hydrogens is 256 g/mol. The first-order chi connectivity index (χ1) is 9.62. The highest BCUT2D eigenvalue weighted by Gasteiger charge is 2.15. The van der Waals surface area contributed by atoms with E-state index in [4.69, 9.17) is 9.47 Å². The van der Waals surface area contributed by atoms with Crippen molar-refractivity contribution in [2.75, 3.05) is 14.2 Å². The lowest BCUT2D eigenvalue weighted by molar-refractivity contribution is 0.356. The van der Waals surface area contributed by atoms with Gasteiger partial charge in [-0.05, 0) is 25.5 Å². The molecule has 106 valence electrons. The minimum absolute atomic E-state index is 0.128. The molecule has 2 aromatic rings. The molecule has 5 heteroatoms.